The molecule has 0 saturated heterocycles. The lowest BCUT2D eigenvalue weighted by Gasteiger charge is -2.12. The van der Waals surface area contributed by atoms with Crippen LogP contribution >= 0.6 is 0 Å². The van der Waals surface area contributed by atoms with E-state index in [0.29, 0.717) is 6.54 Å². The predicted molar refractivity (Wildman–Crippen MR) is 78.3 cm³/mol. The Kier molecular flexibility index (Phi) is 3.39. The van der Waals surface area contributed by atoms with Crippen LogP contribution < -0.4 is 5.01 Å². The number of hydrogen-bond acceptors (Lipinski definition) is 3. The molecule has 0 atom stereocenters. The van der Waals surface area contributed by atoms with Gasteiger partial charge in [-0.2, -0.15) is 5.10 Å². The van der Waals surface area contributed by atoms with Gasteiger partial charge in [0.15, 0.2) is 0 Å². The lowest BCUT2D eigenvalue weighted by Crippen LogP contribution is -2.11. The Bertz CT molecular complexity index is 710. The van der Waals surface area contributed by atoms with Gasteiger partial charge in [0, 0.05) is 13.0 Å². The Balaban J connectivity index is 1.87. The Morgan fingerprint density at radius 1 is 1.19 bits per heavy atom. The molecule has 1 N–H and O–H groups in total. The number of hydrazone groups is 1. The molecule has 5 heteroatoms. The molecule has 0 aliphatic carbocycles. The Morgan fingerprint density at radius 3 is 2.67 bits per heavy atom. The van der Waals surface area contributed by atoms with E-state index >= 15 is 0 Å². The predicted octanol–water partition coefficient (Wildman–Crippen LogP) is 3.14. The molecule has 0 aromatic heterocycles. The molecular formula is C16H13FN2O2. The van der Waals surface area contributed by atoms with E-state index in [9.17, 15) is 9.18 Å². The zero-order valence-electron chi connectivity index (χ0n) is 11.2. The van der Waals surface area contributed by atoms with Crippen molar-refractivity contribution < 1.29 is 14.3 Å². The standard InChI is InChI=1S/C16H13FN2O2/c17-13-4-6-14(7-5-13)19-9-8-15(18-19)11-2-1-3-12(10-11)16(20)21/h1-7,10H,8-9H2,(H,20,21). The van der Waals surface area contributed by atoms with E-state index in [0.717, 1.165) is 23.4 Å². The SMILES string of the molecule is O=C(O)c1cccc(C2=NN(c3ccc(F)cc3)CC2)c1. The van der Waals surface area contributed by atoms with Crippen LogP contribution in [0.4, 0.5) is 10.1 Å². The molecule has 106 valence electrons. The van der Waals surface area contributed by atoms with Crippen LogP contribution in [0.2, 0.25) is 0 Å². The molecule has 21 heavy (non-hydrogen) atoms. The molecule has 3 rings (SSSR count). The van der Waals surface area contributed by atoms with Crippen molar-refractivity contribution in [3.8, 4) is 0 Å². The van der Waals surface area contributed by atoms with Gasteiger partial charge in [-0.05, 0) is 42.0 Å². The molecule has 2 aromatic carbocycles. The largest absolute Gasteiger partial charge is 0.478 e. The zero-order valence-corrected chi connectivity index (χ0v) is 11.2. The van der Waals surface area contributed by atoms with Crippen LogP contribution in [0, 0.1) is 5.82 Å². The van der Waals surface area contributed by atoms with Crippen molar-refractivity contribution in [3.63, 3.8) is 0 Å². The second kappa shape index (κ2) is 5.36. The van der Waals surface area contributed by atoms with E-state index in [1.54, 1.807) is 35.3 Å². The molecule has 0 unspecified atom stereocenters. The summed E-state index contributed by atoms with van der Waals surface area (Å²) in [4.78, 5) is 11.0. The highest BCUT2D eigenvalue weighted by molar-refractivity contribution is 6.04. The van der Waals surface area contributed by atoms with Gasteiger partial charge in [-0.1, -0.05) is 12.1 Å². The normalized spacial score (nSPS) is 14.1. The summed E-state index contributed by atoms with van der Waals surface area (Å²) < 4.78 is 12.9. The third-order valence-electron chi connectivity index (χ3n) is 3.37. The molecule has 0 saturated carbocycles. The Labute approximate surface area is 121 Å². The van der Waals surface area contributed by atoms with E-state index in [1.807, 2.05) is 6.07 Å². The average molecular weight is 284 g/mol. The van der Waals surface area contributed by atoms with E-state index in [4.69, 9.17) is 5.11 Å². The van der Waals surface area contributed by atoms with E-state index in [-0.39, 0.29) is 11.4 Å². The third-order valence-corrected chi connectivity index (χ3v) is 3.37. The van der Waals surface area contributed by atoms with Crippen molar-refractivity contribution in [3.05, 3.63) is 65.5 Å². The first-order valence-electron chi connectivity index (χ1n) is 6.58. The monoisotopic (exact) mass is 284 g/mol. The summed E-state index contributed by atoms with van der Waals surface area (Å²) in [7, 11) is 0. The number of aromatic carboxylic acids is 1. The highest BCUT2D eigenvalue weighted by atomic mass is 19.1. The van der Waals surface area contributed by atoms with Gasteiger partial charge >= 0.3 is 5.97 Å². The van der Waals surface area contributed by atoms with Gasteiger partial charge in [-0.25, -0.2) is 9.18 Å². The summed E-state index contributed by atoms with van der Waals surface area (Å²) >= 11 is 0. The number of rotatable bonds is 3. The summed E-state index contributed by atoms with van der Waals surface area (Å²) in [5.74, 6) is -1.23. The fourth-order valence-electron chi connectivity index (χ4n) is 2.29. The fourth-order valence-corrected chi connectivity index (χ4v) is 2.29. The summed E-state index contributed by atoms with van der Waals surface area (Å²) in [6, 6.07) is 12.9. The van der Waals surface area contributed by atoms with Crippen LogP contribution in [0.15, 0.2) is 53.6 Å². The number of carbonyl (C=O) groups is 1. The van der Waals surface area contributed by atoms with Gasteiger partial charge in [0.2, 0.25) is 0 Å². The topological polar surface area (TPSA) is 52.9 Å². The van der Waals surface area contributed by atoms with Gasteiger partial charge in [0.25, 0.3) is 0 Å². The van der Waals surface area contributed by atoms with Gasteiger partial charge in [0.05, 0.1) is 17.0 Å². The van der Waals surface area contributed by atoms with E-state index in [1.165, 1.54) is 12.1 Å². The number of benzene rings is 2. The summed E-state index contributed by atoms with van der Waals surface area (Å²) in [6.45, 7) is 0.693. The Hall–Kier alpha value is -2.69. The first-order valence-corrected chi connectivity index (χ1v) is 6.58. The lowest BCUT2D eigenvalue weighted by molar-refractivity contribution is 0.0697. The average Bonchev–Trinajstić information content (AvgIpc) is 2.98. The van der Waals surface area contributed by atoms with E-state index < -0.39 is 5.97 Å². The van der Waals surface area contributed by atoms with Crippen molar-refractivity contribution in [2.45, 2.75) is 6.42 Å². The molecule has 0 radical (unpaired) electrons. The van der Waals surface area contributed by atoms with Crippen molar-refractivity contribution in [1.29, 1.82) is 0 Å². The van der Waals surface area contributed by atoms with Gasteiger partial charge < -0.3 is 5.11 Å². The molecule has 1 aliphatic rings. The van der Waals surface area contributed by atoms with Crippen molar-refractivity contribution in [2.75, 3.05) is 11.6 Å². The maximum Gasteiger partial charge on any atom is 0.335 e. The minimum atomic E-state index is -0.953. The highest BCUT2D eigenvalue weighted by Gasteiger charge is 2.18. The lowest BCUT2D eigenvalue weighted by atomic mass is 10.1. The number of hydrogen-bond donors (Lipinski definition) is 1. The summed E-state index contributed by atoms with van der Waals surface area (Å²) in [5.41, 5.74) is 2.71. The Morgan fingerprint density at radius 2 is 1.95 bits per heavy atom. The van der Waals surface area contributed by atoms with Crippen LogP contribution in [0.5, 0.6) is 0 Å². The van der Waals surface area contributed by atoms with Crippen LogP contribution in [0.1, 0.15) is 22.3 Å². The van der Waals surface area contributed by atoms with Crippen LogP contribution in [0.25, 0.3) is 0 Å². The molecular weight excluding hydrogens is 271 g/mol. The molecule has 1 heterocycles. The summed E-state index contributed by atoms with van der Waals surface area (Å²) in [5, 5.41) is 15.3. The van der Waals surface area contributed by atoms with Crippen LogP contribution in [0.3, 0.4) is 0 Å². The first-order chi connectivity index (χ1) is 10.1. The minimum absolute atomic E-state index is 0.246. The number of carboxylic acids is 1. The fraction of sp³-hybridized carbons (Fsp3) is 0.125. The van der Waals surface area contributed by atoms with Crippen molar-refractivity contribution >= 4 is 17.4 Å². The third kappa shape index (κ3) is 2.76. The molecule has 0 bridgehead atoms. The van der Waals surface area contributed by atoms with Crippen LogP contribution in [-0.4, -0.2) is 23.3 Å². The second-order valence-electron chi connectivity index (χ2n) is 4.78. The molecule has 2 aromatic rings. The van der Waals surface area contributed by atoms with Gasteiger partial charge in [-0.15, -0.1) is 0 Å². The van der Waals surface area contributed by atoms with Gasteiger partial charge in [0.1, 0.15) is 5.82 Å². The number of anilines is 1. The first kappa shape index (κ1) is 13.3. The van der Waals surface area contributed by atoms with Crippen LogP contribution in [-0.2, 0) is 0 Å². The number of halogens is 1. The van der Waals surface area contributed by atoms with Crippen molar-refractivity contribution in [2.24, 2.45) is 5.10 Å². The minimum Gasteiger partial charge on any atom is -0.478 e. The zero-order chi connectivity index (χ0) is 14.8. The number of carboxylic acid groups (broad SMARTS) is 1. The maximum absolute atomic E-state index is 12.9. The summed E-state index contributed by atoms with van der Waals surface area (Å²) in [6.07, 6.45) is 0.723. The molecule has 1 aliphatic heterocycles. The van der Waals surface area contributed by atoms with Gasteiger partial charge in [-0.3, -0.25) is 5.01 Å². The molecule has 0 amide bonds. The highest BCUT2D eigenvalue weighted by Crippen LogP contribution is 2.22. The quantitative estimate of drug-likeness (QED) is 0.942. The molecule has 0 fully saturated rings. The second-order valence-corrected chi connectivity index (χ2v) is 4.78. The van der Waals surface area contributed by atoms with Crippen molar-refractivity contribution in [1.82, 2.24) is 0 Å². The molecule has 4 nitrogen and oxygen atoms in total. The number of nitrogens with zero attached hydrogens (tertiary/aromatic N) is 2. The molecule has 0 spiro atoms. The van der Waals surface area contributed by atoms with E-state index in [2.05, 4.69) is 5.10 Å². The smallest absolute Gasteiger partial charge is 0.335 e. The maximum atomic E-state index is 12.9.